The zero-order chi connectivity index (χ0) is 40.7. The second kappa shape index (κ2) is 11.9. The van der Waals surface area contributed by atoms with Crippen LogP contribution in [0.1, 0.15) is 27.7 Å². The average Bonchev–Trinajstić information content (AvgIpc) is 3.53. The van der Waals surface area contributed by atoms with Gasteiger partial charge in [0.05, 0.1) is 2.74 Å². The van der Waals surface area contributed by atoms with Gasteiger partial charge in [0.15, 0.2) is 0 Å². The van der Waals surface area contributed by atoms with Crippen LogP contribution in [0.25, 0.3) is 120 Å². The predicted molar refractivity (Wildman–Crippen MR) is 253 cm³/mol. The molecule has 0 saturated heterocycles. The van der Waals surface area contributed by atoms with E-state index < -0.39 is 0 Å². The molecule has 0 spiro atoms. The topological polar surface area (TPSA) is 0 Å². The van der Waals surface area contributed by atoms with Gasteiger partial charge in [0, 0.05) is 5.41 Å². The van der Waals surface area contributed by atoms with Crippen LogP contribution in [0, 0.1) is 0 Å². The minimum absolute atomic E-state index is 0.231. The fraction of sp³-hybridized carbons (Fsp3) is 0.0508. The van der Waals surface area contributed by atoms with E-state index in [4.69, 9.17) is 0 Å². The van der Waals surface area contributed by atoms with E-state index >= 15 is 0 Å². The van der Waals surface area contributed by atoms with Crippen molar-refractivity contribution >= 4 is 64.6 Å². The molecule has 0 radical (unpaired) electrons. The van der Waals surface area contributed by atoms with Crippen LogP contribution in [0.15, 0.2) is 194 Å². The van der Waals surface area contributed by atoms with Gasteiger partial charge in [-0.15, -0.1) is 0 Å². The summed E-state index contributed by atoms with van der Waals surface area (Å²) < 4.78 is 21.5. The van der Waals surface area contributed by atoms with Gasteiger partial charge in [0.2, 0.25) is 0 Å². The third-order valence-electron chi connectivity index (χ3n) is 13.5. The number of hydrogen-bond donors (Lipinski definition) is 0. The van der Waals surface area contributed by atoms with Gasteiger partial charge in [-0.25, -0.2) is 0 Å². The summed E-state index contributed by atoms with van der Waals surface area (Å²) in [5.74, 6) is 0. The zero-order valence-electron chi connectivity index (χ0n) is 34.8. The first-order chi connectivity index (χ1) is 29.9. The molecule has 0 bridgehead atoms. The lowest BCUT2D eigenvalue weighted by atomic mass is 9.79. The molecule has 0 N–H and O–H groups in total. The molecule has 0 saturated carbocycles. The molecule has 59 heavy (non-hydrogen) atoms. The first-order valence-corrected chi connectivity index (χ1v) is 20.7. The Hall–Kier alpha value is -7.28. The fourth-order valence-corrected chi connectivity index (χ4v) is 10.7. The van der Waals surface area contributed by atoms with E-state index in [1.807, 2.05) is 6.07 Å². The monoisotopic (exact) mass is 748 g/mol. The number of rotatable bonds is 4. The zero-order valence-corrected chi connectivity index (χ0v) is 32.8. The highest BCUT2D eigenvalue weighted by Crippen LogP contribution is 2.52. The maximum absolute atomic E-state index is 10.8. The second-order valence-electron chi connectivity index (χ2n) is 17.0. The molecular weight excluding hydrogens is 709 g/mol. The van der Waals surface area contributed by atoms with Crippen molar-refractivity contribution in [2.24, 2.45) is 0 Å². The normalized spacial score (nSPS) is 13.9. The minimum atomic E-state index is -0.231. The smallest absolute Gasteiger partial charge is 0.0622 e. The van der Waals surface area contributed by atoms with E-state index in [1.165, 1.54) is 76.1 Å². The van der Waals surface area contributed by atoms with Crippen LogP contribution in [0.4, 0.5) is 0 Å². The van der Waals surface area contributed by atoms with Crippen molar-refractivity contribution in [2.75, 3.05) is 0 Å². The lowest BCUT2D eigenvalue weighted by Crippen LogP contribution is -2.14. The van der Waals surface area contributed by atoms with Gasteiger partial charge < -0.3 is 0 Å². The van der Waals surface area contributed by atoms with Crippen molar-refractivity contribution in [3.8, 4) is 55.6 Å². The molecule has 274 valence electrons. The standard InChI is InChI=1S/C59H38/c1-59(2)53-17-7-6-16-45(53)46-29-26-42(32-54(46)59)50-33-49(35-10-4-3-5-11-35)51(43-27-22-40-20-18-36-12-8-14-38-24-30-47(43)57(40)55(36)38)34-52(50)44-28-23-41-21-19-37-13-9-15-39-25-31-48(44)58(41)56(37)39/h3-34H,1-2H3/i33D,34D. The molecule has 0 amide bonds. The van der Waals surface area contributed by atoms with Crippen LogP contribution >= 0.6 is 0 Å². The molecule has 0 heteroatoms. The molecule has 0 nitrogen and oxygen atoms in total. The van der Waals surface area contributed by atoms with Gasteiger partial charge in [0.25, 0.3) is 0 Å². The highest BCUT2D eigenvalue weighted by atomic mass is 14.4. The van der Waals surface area contributed by atoms with Crippen molar-refractivity contribution in [3.63, 3.8) is 0 Å². The summed E-state index contributed by atoms with van der Waals surface area (Å²) in [6, 6.07) is 66.4. The van der Waals surface area contributed by atoms with Crippen LogP contribution in [0.2, 0.25) is 0 Å². The molecule has 13 rings (SSSR count). The van der Waals surface area contributed by atoms with Crippen molar-refractivity contribution in [1.29, 1.82) is 0 Å². The van der Waals surface area contributed by atoms with E-state index in [0.717, 1.165) is 55.3 Å². The summed E-state index contributed by atoms with van der Waals surface area (Å²) in [7, 11) is 0. The quantitative estimate of drug-likeness (QED) is 0.157. The Morgan fingerprint density at radius 1 is 0.305 bits per heavy atom. The van der Waals surface area contributed by atoms with Gasteiger partial charge in [-0.1, -0.05) is 190 Å². The molecule has 1 aliphatic rings. The number of fused-ring (bicyclic) bond motifs is 3. The summed E-state index contributed by atoms with van der Waals surface area (Å²) in [6.07, 6.45) is 0. The summed E-state index contributed by atoms with van der Waals surface area (Å²) in [5, 5.41) is 14.2. The first-order valence-electron chi connectivity index (χ1n) is 21.7. The Labute approximate surface area is 346 Å². The summed E-state index contributed by atoms with van der Waals surface area (Å²) in [5.41, 5.74) is 11.8. The number of hydrogen-bond acceptors (Lipinski definition) is 0. The van der Waals surface area contributed by atoms with Crippen molar-refractivity contribution in [1.82, 2.24) is 0 Å². The maximum atomic E-state index is 10.8. The molecular formula is C59H38. The van der Waals surface area contributed by atoms with Crippen LogP contribution in [0.5, 0.6) is 0 Å². The van der Waals surface area contributed by atoms with Crippen molar-refractivity contribution in [2.45, 2.75) is 19.3 Å². The molecule has 0 aromatic heterocycles. The first kappa shape index (κ1) is 30.8. The lowest BCUT2D eigenvalue weighted by molar-refractivity contribution is 0.660. The Balaban J connectivity index is 1.20. The van der Waals surface area contributed by atoms with Crippen molar-refractivity contribution in [3.05, 3.63) is 205 Å². The minimum Gasteiger partial charge on any atom is -0.0622 e. The largest absolute Gasteiger partial charge is 0.0636 e. The molecule has 12 aromatic carbocycles. The number of benzene rings is 12. The molecule has 0 atom stereocenters. The molecule has 0 fully saturated rings. The molecule has 12 aromatic rings. The van der Waals surface area contributed by atoms with E-state index in [0.29, 0.717) is 12.1 Å². The van der Waals surface area contributed by atoms with Crippen LogP contribution in [-0.2, 0) is 5.41 Å². The Morgan fingerprint density at radius 2 is 0.746 bits per heavy atom. The van der Waals surface area contributed by atoms with E-state index in [1.54, 1.807) is 0 Å². The van der Waals surface area contributed by atoms with Crippen LogP contribution in [-0.4, -0.2) is 0 Å². The lowest BCUT2D eigenvalue weighted by Gasteiger charge is -2.24. The van der Waals surface area contributed by atoms with E-state index in [2.05, 4.69) is 190 Å². The Kier molecular flexibility index (Phi) is 6.20. The third kappa shape index (κ3) is 4.55. The summed E-state index contributed by atoms with van der Waals surface area (Å²) in [4.78, 5) is 0. The van der Waals surface area contributed by atoms with Gasteiger partial charge in [-0.05, 0) is 150 Å². The van der Waals surface area contributed by atoms with E-state index in [-0.39, 0.29) is 5.41 Å². The predicted octanol–water partition coefficient (Wildman–Crippen LogP) is 16.5. The van der Waals surface area contributed by atoms with E-state index in [9.17, 15) is 2.74 Å². The third-order valence-corrected chi connectivity index (χ3v) is 13.5. The maximum Gasteiger partial charge on any atom is 0.0636 e. The van der Waals surface area contributed by atoms with Gasteiger partial charge >= 0.3 is 0 Å². The van der Waals surface area contributed by atoms with Gasteiger partial charge in [-0.3, -0.25) is 0 Å². The molecule has 1 aliphatic carbocycles. The highest BCUT2D eigenvalue weighted by molar-refractivity contribution is 6.27. The molecule has 0 aliphatic heterocycles. The fourth-order valence-electron chi connectivity index (χ4n) is 10.7. The highest BCUT2D eigenvalue weighted by Gasteiger charge is 2.35. The van der Waals surface area contributed by atoms with Crippen LogP contribution < -0.4 is 0 Å². The summed E-state index contributed by atoms with van der Waals surface area (Å²) >= 11 is 0. The Bertz CT molecular complexity index is 3770. The summed E-state index contributed by atoms with van der Waals surface area (Å²) in [6.45, 7) is 4.63. The van der Waals surface area contributed by atoms with Gasteiger partial charge in [-0.2, -0.15) is 0 Å². The van der Waals surface area contributed by atoms with Crippen LogP contribution in [0.3, 0.4) is 0 Å². The Morgan fingerprint density at radius 3 is 1.34 bits per heavy atom. The average molecular weight is 749 g/mol. The molecule has 0 heterocycles. The SMILES string of the molecule is [2H]c1c(-c2ccccc2)c(-c2ccc3ccc4cccc5ccc2c3c45)c([2H])c(-c2ccc3ccc4cccc5ccc2c3c45)c1-c1ccc2c(c1)C(C)(C)c1ccccc1-2. The second-order valence-corrected chi connectivity index (χ2v) is 17.0. The van der Waals surface area contributed by atoms with Crippen molar-refractivity contribution < 1.29 is 2.74 Å². The molecule has 0 unspecified atom stereocenters. The van der Waals surface area contributed by atoms with Gasteiger partial charge in [0.1, 0.15) is 0 Å².